The van der Waals surface area contributed by atoms with Gasteiger partial charge >= 0.3 is 0 Å². The molecule has 2 nitrogen and oxygen atoms in total. The highest BCUT2D eigenvalue weighted by atomic mass is 79.9. The van der Waals surface area contributed by atoms with Crippen molar-refractivity contribution in [1.29, 1.82) is 0 Å². The minimum atomic E-state index is -0.0614. The molecule has 1 unspecified atom stereocenters. The van der Waals surface area contributed by atoms with Gasteiger partial charge in [-0.05, 0) is 49.9 Å². The zero-order chi connectivity index (χ0) is 11.5. The molecule has 0 saturated carbocycles. The SMILES string of the molecule is Cc1cc(OC2CCCCO2)cc(C)c1Br. The summed E-state index contributed by atoms with van der Waals surface area (Å²) in [5.41, 5.74) is 2.40. The fourth-order valence-corrected chi connectivity index (χ4v) is 2.16. The van der Waals surface area contributed by atoms with E-state index < -0.39 is 0 Å². The van der Waals surface area contributed by atoms with Crippen LogP contribution in [0, 0.1) is 13.8 Å². The van der Waals surface area contributed by atoms with Gasteiger partial charge in [0, 0.05) is 10.9 Å². The molecule has 0 spiro atoms. The third kappa shape index (κ3) is 2.77. The van der Waals surface area contributed by atoms with E-state index >= 15 is 0 Å². The van der Waals surface area contributed by atoms with E-state index in [0.717, 1.165) is 29.7 Å². The van der Waals surface area contributed by atoms with E-state index in [9.17, 15) is 0 Å². The van der Waals surface area contributed by atoms with Crippen LogP contribution in [0.1, 0.15) is 30.4 Å². The molecule has 0 aliphatic carbocycles. The van der Waals surface area contributed by atoms with Gasteiger partial charge in [-0.15, -0.1) is 0 Å². The van der Waals surface area contributed by atoms with Gasteiger partial charge in [-0.2, -0.15) is 0 Å². The Hall–Kier alpha value is -0.540. The summed E-state index contributed by atoms with van der Waals surface area (Å²) in [5, 5.41) is 0. The summed E-state index contributed by atoms with van der Waals surface area (Å²) in [6.45, 7) is 4.97. The van der Waals surface area contributed by atoms with Gasteiger partial charge in [0.25, 0.3) is 0 Å². The third-order valence-electron chi connectivity index (χ3n) is 2.82. The molecule has 3 heteroatoms. The fourth-order valence-electron chi connectivity index (χ4n) is 1.93. The van der Waals surface area contributed by atoms with Crippen LogP contribution in [0.25, 0.3) is 0 Å². The normalized spacial score (nSPS) is 20.8. The fraction of sp³-hybridized carbons (Fsp3) is 0.538. The monoisotopic (exact) mass is 284 g/mol. The molecule has 0 bridgehead atoms. The second kappa shape index (κ2) is 5.19. The Morgan fingerprint density at radius 2 is 1.94 bits per heavy atom. The lowest BCUT2D eigenvalue weighted by atomic mass is 10.1. The molecule has 1 fully saturated rings. The van der Waals surface area contributed by atoms with E-state index in [0.29, 0.717) is 0 Å². The molecule has 0 aromatic heterocycles. The molecule has 1 aromatic rings. The maximum atomic E-state index is 5.83. The Bertz CT molecular complexity index is 347. The summed E-state index contributed by atoms with van der Waals surface area (Å²) < 4.78 is 12.5. The van der Waals surface area contributed by atoms with E-state index in [4.69, 9.17) is 9.47 Å². The van der Waals surface area contributed by atoms with Crippen molar-refractivity contribution in [2.45, 2.75) is 39.4 Å². The van der Waals surface area contributed by atoms with Crippen LogP contribution in [0.3, 0.4) is 0 Å². The zero-order valence-corrected chi connectivity index (χ0v) is 11.3. The first-order valence-electron chi connectivity index (χ1n) is 5.72. The second-order valence-electron chi connectivity index (χ2n) is 4.29. The van der Waals surface area contributed by atoms with Crippen LogP contribution in [0.4, 0.5) is 0 Å². The molecule has 1 aliphatic rings. The van der Waals surface area contributed by atoms with Gasteiger partial charge in [0.05, 0.1) is 6.61 Å². The molecule has 1 heterocycles. The summed E-state index contributed by atoms with van der Waals surface area (Å²) in [7, 11) is 0. The molecule has 2 rings (SSSR count). The maximum Gasteiger partial charge on any atom is 0.199 e. The van der Waals surface area contributed by atoms with Crippen molar-refractivity contribution >= 4 is 15.9 Å². The number of aryl methyl sites for hydroxylation is 2. The second-order valence-corrected chi connectivity index (χ2v) is 5.08. The van der Waals surface area contributed by atoms with Gasteiger partial charge in [-0.3, -0.25) is 0 Å². The van der Waals surface area contributed by atoms with E-state index in [1.54, 1.807) is 0 Å². The van der Waals surface area contributed by atoms with Crippen molar-refractivity contribution in [2.24, 2.45) is 0 Å². The smallest absolute Gasteiger partial charge is 0.199 e. The van der Waals surface area contributed by atoms with E-state index in [2.05, 4.69) is 41.9 Å². The van der Waals surface area contributed by atoms with Crippen LogP contribution >= 0.6 is 15.9 Å². The number of rotatable bonds is 2. The molecular weight excluding hydrogens is 268 g/mol. The first kappa shape index (κ1) is 11.9. The Balaban J connectivity index is 2.09. The predicted molar refractivity (Wildman–Crippen MR) is 67.8 cm³/mol. The van der Waals surface area contributed by atoms with Crippen molar-refractivity contribution < 1.29 is 9.47 Å². The van der Waals surface area contributed by atoms with Crippen molar-refractivity contribution in [1.82, 2.24) is 0 Å². The minimum Gasteiger partial charge on any atom is -0.465 e. The van der Waals surface area contributed by atoms with Crippen LogP contribution in [0.2, 0.25) is 0 Å². The molecule has 88 valence electrons. The highest BCUT2D eigenvalue weighted by Gasteiger charge is 2.15. The van der Waals surface area contributed by atoms with Crippen LogP contribution in [-0.2, 0) is 4.74 Å². The molecule has 0 N–H and O–H groups in total. The quantitative estimate of drug-likeness (QED) is 0.818. The number of halogens is 1. The molecule has 1 saturated heterocycles. The average molecular weight is 285 g/mol. The van der Waals surface area contributed by atoms with Gasteiger partial charge in [0.2, 0.25) is 0 Å². The lowest BCUT2D eigenvalue weighted by Gasteiger charge is -2.24. The van der Waals surface area contributed by atoms with Crippen LogP contribution in [0.5, 0.6) is 5.75 Å². The Morgan fingerprint density at radius 1 is 1.25 bits per heavy atom. The van der Waals surface area contributed by atoms with Gasteiger partial charge in [-0.25, -0.2) is 0 Å². The molecule has 1 aromatic carbocycles. The Labute approximate surface area is 105 Å². The lowest BCUT2D eigenvalue weighted by molar-refractivity contribution is -0.105. The summed E-state index contributed by atoms with van der Waals surface area (Å²) in [6, 6.07) is 4.10. The lowest BCUT2D eigenvalue weighted by Crippen LogP contribution is -2.25. The first-order valence-corrected chi connectivity index (χ1v) is 6.51. The maximum absolute atomic E-state index is 5.83. The molecule has 16 heavy (non-hydrogen) atoms. The van der Waals surface area contributed by atoms with Crippen molar-refractivity contribution in [3.8, 4) is 5.75 Å². The largest absolute Gasteiger partial charge is 0.465 e. The predicted octanol–water partition coefficient (Wildman–Crippen LogP) is 3.97. The molecule has 0 amide bonds. The van der Waals surface area contributed by atoms with Crippen molar-refractivity contribution in [2.75, 3.05) is 6.61 Å². The summed E-state index contributed by atoms with van der Waals surface area (Å²) >= 11 is 3.55. The Morgan fingerprint density at radius 3 is 2.50 bits per heavy atom. The highest BCUT2D eigenvalue weighted by Crippen LogP contribution is 2.28. The third-order valence-corrected chi connectivity index (χ3v) is 4.07. The molecule has 1 aliphatic heterocycles. The number of ether oxygens (including phenoxy) is 2. The van der Waals surface area contributed by atoms with Crippen molar-refractivity contribution in [3.05, 3.63) is 27.7 Å². The van der Waals surface area contributed by atoms with Gasteiger partial charge in [0.15, 0.2) is 6.29 Å². The zero-order valence-electron chi connectivity index (χ0n) is 9.75. The number of hydrogen-bond donors (Lipinski definition) is 0. The topological polar surface area (TPSA) is 18.5 Å². The van der Waals surface area contributed by atoms with Crippen LogP contribution in [-0.4, -0.2) is 12.9 Å². The summed E-state index contributed by atoms with van der Waals surface area (Å²) in [5.74, 6) is 0.908. The van der Waals surface area contributed by atoms with Gasteiger partial charge < -0.3 is 9.47 Å². The van der Waals surface area contributed by atoms with E-state index in [1.165, 1.54) is 17.5 Å². The highest BCUT2D eigenvalue weighted by molar-refractivity contribution is 9.10. The molecule has 0 radical (unpaired) electrons. The van der Waals surface area contributed by atoms with Crippen LogP contribution in [0.15, 0.2) is 16.6 Å². The summed E-state index contributed by atoms with van der Waals surface area (Å²) in [6.07, 6.45) is 3.28. The average Bonchev–Trinajstić information content (AvgIpc) is 2.27. The minimum absolute atomic E-state index is 0.0614. The molecule has 1 atom stereocenters. The number of benzene rings is 1. The van der Waals surface area contributed by atoms with Gasteiger partial charge in [0.1, 0.15) is 5.75 Å². The van der Waals surface area contributed by atoms with E-state index in [1.807, 2.05) is 0 Å². The van der Waals surface area contributed by atoms with E-state index in [-0.39, 0.29) is 6.29 Å². The summed E-state index contributed by atoms with van der Waals surface area (Å²) in [4.78, 5) is 0. The van der Waals surface area contributed by atoms with Crippen LogP contribution < -0.4 is 4.74 Å². The van der Waals surface area contributed by atoms with Gasteiger partial charge in [-0.1, -0.05) is 15.9 Å². The first-order chi connectivity index (χ1) is 7.66. The Kier molecular flexibility index (Phi) is 3.87. The van der Waals surface area contributed by atoms with Crippen molar-refractivity contribution in [3.63, 3.8) is 0 Å². The standard InChI is InChI=1S/C13H17BrO2/c1-9-7-11(8-10(2)13(9)14)16-12-5-3-4-6-15-12/h7-8,12H,3-6H2,1-2H3. The molecular formula is C13H17BrO2. The number of hydrogen-bond acceptors (Lipinski definition) is 2.